The molecular weight excluding hydrogens is 374 g/mol. The SMILES string of the molecule is CCC1(CC)CC(NC(=O)c2cc3c(ccc4ccccc43)o2)c2ccccc2O1. The molecule has 0 aliphatic carbocycles. The molecule has 4 aromatic rings. The van der Waals surface area contributed by atoms with Crippen molar-refractivity contribution in [3.8, 4) is 5.75 Å². The van der Waals surface area contributed by atoms with E-state index in [9.17, 15) is 4.79 Å². The molecule has 1 aliphatic rings. The number of carbonyl (C=O) groups excluding carboxylic acids is 1. The number of rotatable bonds is 4. The van der Waals surface area contributed by atoms with Gasteiger partial charge in [-0.15, -0.1) is 0 Å². The van der Waals surface area contributed by atoms with Gasteiger partial charge in [-0.1, -0.05) is 62.4 Å². The second-order valence-electron chi connectivity index (χ2n) is 8.07. The van der Waals surface area contributed by atoms with Crippen LogP contribution in [0.15, 0.2) is 71.1 Å². The molecule has 0 radical (unpaired) electrons. The Labute approximate surface area is 175 Å². The van der Waals surface area contributed by atoms with E-state index in [2.05, 4.69) is 31.3 Å². The summed E-state index contributed by atoms with van der Waals surface area (Å²) >= 11 is 0. The second-order valence-corrected chi connectivity index (χ2v) is 8.07. The van der Waals surface area contributed by atoms with Crippen LogP contribution >= 0.6 is 0 Å². The van der Waals surface area contributed by atoms with Crippen molar-refractivity contribution >= 4 is 27.6 Å². The topological polar surface area (TPSA) is 51.5 Å². The fourth-order valence-electron chi connectivity index (χ4n) is 4.56. The zero-order valence-corrected chi connectivity index (χ0v) is 17.3. The summed E-state index contributed by atoms with van der Waals surface area (Å²) in [5.41, 5.74) is 1.48. The molecule has 1 unspecified atom stereocenters. The first-order valence-electron chi connectivity index (χ1n) is 10.6. The van der Waals surface area contributed by atoms with Gasteiger partial charge >= 0.3 is 0 Å². The number of nitrogens with one attached hydrogen (secondary N) is 1. The van der Waals surface area contributed by atoms with Crippen molar-refractivity contribution in [2.75, 3.05) is 0 Å². The summed E-state index contributed by atoms with van der Waals surface area (Å²) < 4.78 is 12.3. The third-order valence-corrected chi connectivity index (χ3v) is 6.44. The van der Waals surface area contributed by atoms with Crippen LogP contribution in [-0.4, -0.2) is 11.5 Å². The standard InChI is InChI=1S/C26H25NO3/c1-3-26(4-2)16-21(19-11-7-8-12-23(19)30-26)27-25(28)24-15-20-18-10-6-5-9-17(18)13-14-22(20)29-24/h5-15,21H,3-4,16H2,1-2H3,(H,27,28). The van der Waals surface area contributed by atoms with Gasteiger partial charge in [-0.3, -0.25) is 4.79 Å². The van der Waals surface area contributed by atoms with E-state index in [1.54, 1.807) is 0 Å². The Kier molecular flexibility index (Phi) is 4.50. The van der Waals surface area contributed by atoms with Gasteiger partial charge < -0.3 is 14.5 Å². The fraction of sp³-hybridized carbons (Fsp3) is 0.269. The highest BCUT2D eigenvalue weighted by Crippen LogP contribution is 2.42. The molecular formula is C26H25NO3. The zero-order valence-electron chi connectivity index (χ0n) is 17.3. The fourth-order valence-corrected chi connectivity index (χ4v) is 4.56. The van der Waals surface area contributed by atoms with Gasteiger partial charge in [0.2, 0.25) is 0 Å². The van der Waals surface area contributed by atoms with E-state index in [-0.39, 0.29) is 17.6 Å². The van der Waals surface area contributed by atoms with Gasteiger partial charge in [-0.05, 0) is 41.8 Å². The van der Waals surface area contributed by atoms with Crippen molar-refractivity contribution in [3.05, 3.63) is 78.1 Å². The monoisotopic (exact) mass is 399 g/mol. The molecule has 0 saturated heterocycles. The summed E-state index contributed by atoms with van der Waals surface area (Å²) in [4.78, 5) is 13.2. The number of amides is 1. The third kappa shape index (κ3) is 3.04. The summed E-state index contributed by atoms with van der Waals surface area (Å²) in [5, 5.41) is 6.39. The maximum atomic E-state index is 13.2. The quantitative estimate of drug-likeness (QED) is 0.432. The zero-order chi connectivity index (χ0) is 20.7. The van der Waals surface area contributed by atoms with Crippen LogP contribution in [0.4, 0.5) is 0 Å². The van der Waals surface area contributed by atoms with Gasteiger partial charge in [-0.25, -0.2) is 0 Å². The van der Waals surface area contributed by atoms with E-state index in [0.717, 1.165) is 52.3 Å². The summed E-state index contributed by atoms with van der Waals surface area (Å²) in [5.74, 6) is 0.996. The Morgan fingerprint density at radius 3 is 2.60 bits per heavy atom. The van der Waals surface area contributed by atoms with Gasteiger partial charge in [0.25, 0.3) is 5.91 Å². The first kappa shape index (κ1) is 18.7. The Morgan fingerprint density at radius 2 is 1.77 bits per heavy atom. The van der Waals surface area contributed by atoms with Crippen LogP contribution in [0.5, 0.6) is 5.75 Å². The first-order valence-corrected chi connectivity index (χ1v) is 10.6. The maximum Gasteiger partial charge on any atom is 0.287 e. The minimum Gasteiger partial charge on any atom is -0.487 e. The number of ether oxygens (including phenoxy) is 1. The van der Waals surface area contributed by atoms with Gasteiger partial charge in [0.05, 0.1) is 6.04 Å². The molecule has 0 saturated carbocycles. The van der Waals surface area contributed by atoms with Gasteiger partial charge in [-0.2, -0.15) is 0 Å². The second kappa shape index (κ2) is 7.21. The van der Waals surface area contributed by atoms with E-state index in [4.69, 9.17) is 9.15 Å². The molecule has 1 atom stereocenters. The minimum absolute atomic E-state index is 0.118. The van der Waals surface area contributed by atoms with Crippen LogP contribution in [0.1, 0.15) is 55.3 Å². The predicted molar refractivity (Wildman–Crippen MR) is 119 cm³/mol. The van der Waals surface area contributed by atoms with E-state index in [1.807, 2.05) is 54.6 Å². The summed E-state index contributed by atoms with van der Waals surface area (Å²) in [6.45, 7) is 4.28. The van der Waals surface area contributed by atoms with E-state index < -0.39 is 0 Å². The lowest BCUT2D eigenvalue weighted by atomic mass is 9.83. The lowest BCUT2D eigenvalue weighted by molar-refractivity contribution is 0.0225. The van der Waals surface area contributed by atoms with Crippen LogP contribution in [-0.2, 0) is 0 Å². The number of fused-ring (bicyclic) bond motifs is 4. The number of furan rings is 1. The molecule has 152 valence electrons. The van der Waals surface area contributed by atoms with Crippen LogP contribution in [0.25, 0.3) is 21.7 Å². The molecule has 1 N–H and O–H groups in total. The maximum absolute atomic E-state index is 13.2. The number of hydrogen-bond acceptors (Lipinski definition) is 3. The molecule has 1 aromatic heterocycles. The summed E-state index contributed by atoms with van der Waals surface area (Å²) in [7, 11) is 0. The number of para-hydroxylation sites is 1. The van der Waals surface area contributed by atoms with Crippen molar-refractivity contribution in [1.29, 1.82) is 0 Å². The van der Waals surface area contributed by atoms with Crippen molar-refractivity contribution in [1.82, 2.24) is 5.32 Å². The number of hydrogen-bond donors (Lipinski definition) is 1. The highest BCUT2D eigenvalue weighted by Gasteiger charge is 2.39. The highest BCUT2D eigenvalue weighted by molar-refractivity contribution is 6.08. The van der Waals surface area contributed by atoms with Crippen molar-refractivity contribution in [2.24, 2.45) is 0 Å². The van der Waals surface area contributed by atoms with Crippen LogP contribution < -0.4 is 10.1 Å². The van der Waals surface area contributed by atoms with Crippen molar-refractivity contribution < 1.29 is 13.9 Å². The Bertz CT molecular complexity index is 1240. The average molecular weight is 399 g/mol. The lowest BCUT2D eigenvalue weighted by Crippen LogP contribution is -2.44. The molecule has 1 amide bonds. The molecule has 2 heterocycles. The Balaban J connectivity index is 1.49. The Morgan fingerprint density at radius 1 is 1.00 bits per heavy atom. The molecule has 4 nitrogen and oxygen atoms in total. The minimum atomic E-state index is -0.267. The molecule has 3 aromatic carbocycles. The van der Waals surface area contributed by atoms with Gasteiger partial charge in [0, 0.05) is 17.4 Å². The Hall–Kier alpha value is -3.27. The summed E-state index contributed by atoms with van der Waals surface area (Å²) in [6.07, 6.45) is 2.52. The third-order valence-electron chi connectivity index (χ3n) is 6.44. The van der Waals surface area contributed by atoms with Crippen molar-refractivity contribution in [2.45, 2.75) is 44.8 Å². The molecule has 1 aliphatic heterocycles. The van der Waals surface area contributed by atoms with Crippen molar-refractivity contribution in [3.63, 3.8) is 0 Å². The molecule has 5 rings (SSSR count). The number of benzene rings is 3. The van der Waals surface area contributed by atoms with Crippen LogP contribution in [0, 0.1) is 0 Å². The van der Waals surface area contributed by atoms with E-state index in [1.165, 1.54) is 0 Å². The van der Waals surface area contributed by atoms with E-state index >= 15 is 0 Å². The van der Waals surface area contributed by atoms with Gasteiger partial charge in [0.15, 0.2) is 5.76 Å². The lowest BCUT2D eigenvalue weighted by Gasteiger charge is -2.41. The molecule has 0 spiro atoms. The molecule has 0 bridgehead atoms. The predicted octanol–water partition coefficient (Wildman–Crippen LogP) is 6.40. The number of carbonyl (C=O) groups is 1. The summed E-state index contributed by atoms with van der Waals surface area (Å²) in [6, 6.07) is 21.8. The highest BCUT2D eigenvalue weighted by atomic mass is 16.5. The van der Waals surface area contributed by atoms with Crippen LogP contribution in [0.2, 0.25) is 0 Å². The molecule has 30 heavy (non-hydrogen) atoms. The van der Waals surface area contributed by atoms with Gasteiger partial charge in [0.1, 0.15) is 16.9 Å². The average Bonchev–Trinajstić information content (AvgIpc) is 3.24. The molecule has 0 fully saturated rings. The van der Waals surface area contributed by atoms with E-state index in [0.29, 0.717) is 5.76 Å². The van der Waals surface area contributed by atoms with Crippen LogP contribution in [0.3, 0.4) is 0 Å². The largest absolute Gasteiger partial charge is 0.487 e. The molecule has 4 heteroatoms. The normalized spacial score (nSPS) is 17.5. The first-order chi connectivity index (χ1) is 14.6. The smallest absolute Gasteiger partial charge is 0.287 e.